The molecule has 1 aromatic carbocycles. The van der Waals surface area contributed by atoms with Crippen LogP contribution < -0.4 is 4.90 Å². The molecule has 0 saturated heterocycles. The third kappa shape index (κ3) is 3.02. The average Bonchev–Trinajstić information content (AvgIpc) is 2.91. The highest BCUT2D eigenvalue weighted by molar-refractivity contribution is 7.15. The van der Waals surface area contributed by atoms with Crippen LogP contribution in [0.5, 0.6) is 0 Å². The summed E-state index contributed by atoms with van der Waals surface area (Å²) in [5.74, 6) is 0.331. The molecule has 0 spiro atoms. The van der Waals surface area contributed by atoms with E-state index in [2.05, 4.69) is 54.9 Å². The lowest BCUT2D eigenvalue weighted by atomic mass is 10.1. The molecule has 0 aliphatic carbocycles. The van der Waals surface area contributed by atoms with Crippen LogP contribution in [0.2, 0.25) is 0 Å². The van der Waals surface area contributed by atoms with Crippen molar-refractivity contribution in [3.8, 4) is 0 Å². The summed E-state index contributed by atoms with van der Waals surface area (Å²) < 4.78 is 0. The van der Waals surface area contributed by atoms with Crippen LogP contribution in [0.15, 0.2) is 24.3 Å². The van der Waals surface area contributed by atoms with Crippen LogP contribution in [0, 0.1) is 0 Å². The Hall–Kier alpha value is -1.39. The first kappa shape index (κ1) is 15.0. The van der Waals surface area contributed by atoms with Gasteiger partial charge in [0.05, 0.1) is 17.2 Å². The van der Waals surface area contributed by atoms with Crippen molar-refractivity contribution in [1.29, 1.82) is 0 Å². The molecule has 1 N–H and O–H groups in total. The number of thiazole rings is 1. The Kier molecular flexibility index (Phi) is 4.78. The van der Waals surface area contributed by atoms with Crippen molar-refractivity contribution in [2.24, 2.45) is 0 Å². The van der Waals surface area contributed by atoms with Crippen LogP contribution in [-0.4, -0.2) is 17.1 Å². The third-order valence-corrected chi connectivity index (χ3v) is 4.56. The van der Waals surface area contributed by atoms with Gasteiger partial charge in [-0.2, -0.15) is 0 Å². The van der Waals surface area contributed by atoms with Gasteiger partial charge in [-0.25, -0.2) is 4.98 Å². The topological polar surface area (TPSA) is 36.4 Å². The second-order valence-corrected chi connectivity index (χ2v) is 6.26. The van der Waals surface area contributed by atoms with Crippen molar-refractivity contribution in [1.82, 2.24) is 4.98 Å². The molecule has 0 amide bonds. The Bertz CT molecular complexity index is 560. The number of aryl methyl sites for hydroxylation is 1. The van der Waals surface area contributed by atoms with Gasteiger partial charge in [0.1, 0.15) is 0 Å². The Morgan fingerprint density at radius 1 is 1.25 bits per heavy atom. The summed E-state index contributed by atoms with van der Waals surface area (Å²) in [7, 11) is 2.02. The van der Waals surface area contributed by atoms with Gasteiger partial charge < -0.3 is 10.0 Å². The van der Waals surface area contributed by atoms with Crippen LogP contribution >= 0.6 is 11.3 Å². The summed E-state index contributed by atoms with van der Waals surface area (Å²) in [5.41, 5.74) is 3.46. The lowest BCUT2D eigenvalue weighted by Crippen LogP contribution is -2.09. The molecule has 0 unspecified atom stereocenters. The number of nitrogens with zero attached hydrogens (tertiary/aromatic N) is 2. The maximum atomic E-state index is 9.45. The molecule has 0 atom stereocenters. The first-order valence-corrected chi connectivity index (χ1v) is 7.81. The second kappa shape index (κ2) is 6.37. The van der Waals surface area contributed by atoms with Crippen LogP contribution in [-0.2, 0) is 13.0 Å². The predicted molar refractivity (Wildman–Crippen MR) is 86.0 cm³/mol. The summed E-state index contributed by atoms with van der Waals surface area (Å²) in [5, 5.41) is 10.4. The molecule has 2 aromatic rings. The highest BCUT2D eigenvalue weighted by atomic mass is 32.1. The van der Waals surface area contributed by atoms with E-state index in [1.807, 2.05) is 7.05 Å². The molecule has 0 aliphatic heterocycles. The van der Waals surface area contributed by atoms with E-state index >= 15 is 0 Å². The minimum absolute atomic E-state index is 0.0633. The molecule has 4 heteroatoms. The number of aliphatic hydroxyl groups excluding tert-OH is 1. The van der Waals surface area contributed by atoms with E-state index in [1.54, 1.807) is 11.3 Å². The summed E-state index contributed by atoms with van der Waals surface area (Å²) in [6, 6.07) is 8.54. The van der Waals surface area contributed by atoms with E-state index < -0.39 is 0 Å². The predicted octanol–water partition coefficient (Wildman–Crippen LogP) is 4.09. The zero-order valence-corrected chi connectivity index (χ0v) is 13.4. The second-order valence-electron chi connectivity index (χ2n) is 5.20. The first-order valence-electron chi connectivity index (χ1n) is 7.00. The van der Waals surface area contributed by atoms with Crippen molar-refractivity contribution in [3.05, 3.63) is 40.4 Å². The van der Waals surface area contributed by atoms with E-state index in [-0.39, 0.29) is 6.61 Å². The fourth-order valence-corrected chi connectivity index (χ4v) is 3.18. The fraction of sp³-hybridized carbons (Fsp3) is 0.438. The highest BCUT2D eigenvalue weighted by Crippen LogP contribution is 2.33. The lowest BCUT2D eigenvalue weighted by Gasteiger charge is -2.16. The lowest BCUT2D eigenvalue weighted by molar-refractivity contribution is 0.283. The highest BCUT2D eigenvalue weighted by Gasteiger charge is 2.16. The number of rotatable bonds is 5. The number of anilines is 2. The van der Waals surface area contributed by atoms with Gasteiger partial charge >= 0.3 is 0 Å². The molecule has 2 rings (SSSR count). The van der Waals surface area contributed by atoms with E-state index in [1.165, 1.54) is 5.56 Å². The zero-order valence-electron chi connectivity index (χ0n) is 12.6. The standard InChI is InChI=1S/C16H22N2OS/c1-5-12-6-8-13(9-7-12)18(4)16-17-15(11(2)3)14(10-19)20-16/h6-9,11,19H,5,10H2,1-4H3. The van der Waals surface area contributed by atoms with Crippen molar-refractivity contribution >= 4 is 22.2 Å². The van der Waals surface area contributed by atoms with Gasteiger partial charge in [-0.1, -0.05) is 44.2 Å². The number of hydrogen-bond acceptors (Lipinski definition) is 4. The minimum atomic E-state index is 0.0633. The van der Waals surface area contributed by atoms with Crippen molar-refractivity contribution in [2.45, 2.75) is 39.7 Å². The van der Waals surface area contributed by atoms with Crippen LogP contribution in [0.3, 0.4) is 0 Å². The molecular weight excluding hydrogens is 268 g/mol. The maximum absolute atomic E-state index is 9.45. The van der Waals surface area contributed by atoms with Crippen molar-refractivity contribution in [3.63, 3.8) is 0 Å². The number of hydrogen-bond donors (Lipinski definition) is 1. The van der Waals surface area contributed by atoms with Gasteiger partial charge in [-0.3, -0.25) is 0 Å². The number of benzene rings is 1. The molecule has 0 saturated carbocycles. The van der Waals surface area contributed by atoms with Crippen molar-refractivity contribution in [2.75, 3.05) is 11.9 Å². The first-order chi connectivity index (χ1) is 9.56. The average molecular weight is 290 g/mol. The molecule has 0 radical (unpaired) electrons. The molecule has 0 bridgehead atoms. The van der Waals surface area contributed by atoms with Gasteiger partial charge in [-0.15, -0.1) is 0 Å². The smallest absolute Gasteiger partial charge is 0.190 e. The Balaban J connectivity index is 2.29. The molecule has 108 valence electrons. The molecule has 3 nitrogen and oxygen atoms in total. The third-order valence-electron chi connectivity index (χ3n) is 3.43. The Morgan fingerprint density at radius 2 is 1.90 bits per heavy atom. The number of aromatic nitrogens is 1. The van der Waals surface area contributed by atoms with Gasteiger partial charge in [0.2, 0.25) is 0 Å². The van der Waals surface area contributed by atoms with E-state index in [4.69, 9.17) is 0 Å². The monoisotopic (exact) mass is 290 g/mol. The molecule has 1 aromatic heterocycles. The van der Waals surface area contributed by atoms with Crippen LogP contribution in [0.25, 0.3) is 0 Å². The maximum Gasteiger partial charge on any atom is 0.190 e. The molecule has 0 fully saturated rings. The van der Waals surface area contributed by atoms with E-state index in [9.17, 15) is 5.11 Å². The summed E-state index contributed by atoms with van der Waals surface area (Å²) in [4.78, 5) is 7.73. The van der Waals surface area contributed by atoms with Gasteiger partial charge in [0, 0.05) is 12.7 Å². The Morgan fingerprint density at radius 3 is 2.35 bits per heavy atom. The summed E-state index contributed by atoms with van der Waals surface area (Å²) in [6.07, 6.45) is 1.05. The quantitative estimate of drug-likeness (QED) is 0.901. The fourth-order valence-electron chi connectivity index (χ4n) is 2.12. The molecular formula is C16H22N2OS. The van der Waals surface area contributed by atoms with Crippen LogP contribution in [0.4, 0.5) is 10.8 Å². The summed E-state index contributed by atoms with van der Waals surface area (Å²) >= 11 is 1.57. The van der Waals surface area contributed by atoms with E-state index in [0.29, 0.717) is 5.92 Å². The molecule has 1 heterocycles. The largest absolute Gasteiger partial charge is 0.391 e. The summed E-state index contributed by atoms with van der Waals surface area (Å²) in [6.45, 7) is 6.43. The van der Waals surface area contributed by atoms with Gasteiger partial charge in [0.15, 0.2) is 5.13 Å². The van der Waals surface area contributed by atoms with E-state index in [0.717, 1.165) is 27.8 Å². The minimum Gasteiger partial charge on any atom is -0.391 e. The van der Waals surface area contributed by atoms with Gasteiger partial charge in [-0.05, 0) is 30.0 Å². The number of aliphatic hydroxyl groups is 1. The van der Waals surface area contributed by atoms with Crippen LogP contribution in [0.1, 0.15) is 42.8 Å². The molecule has 0 aliphatic rings. The SMILES string of the molecule is CCc1ccc(N(C)c2nc(C(C)C)c(CO)s2)cc1. The van der Waals surface area contributed by atoms with Crippen molar-refractivity contribution < 1.29 is 5.11 Å². The van der Waals surface area contributed by atoms with Gasteiger partial charge in [0.25, 0.3) is 0 Å². The normalized spacial score (nSPS) is 11.1. The molecule has 20 heavy (non-hydrogen) atoms. The zero-order chi connectivity index (χ0) is 14.7. The Labute approximate surface area is 124 Å².